The predicted octanol–water partition coefficient (Wildman–Crippen LogP) is 2.12. The van der Waals surface area contributed by atoms with Gasteiger partial charge < -0.3 is 15.2 Å². The van der Waals surface area contributed by atoms with Crippen LogP contribution in [0.4, 0.5) is 5.13 Å². The van der Waals surface area contributed by atoms with Crippen LogP contribution < -0.4 is 15.8 Å². The van der Waals surface area contributed by atoms with E-state index in [0.29, 0.717) is 22.2 Å². The molecule has 1 aliphatic rings. The molecule has 9 heteroatoms. The van der Waals surface area contributed by atoms with E-state index in [9.17, 15) is 4.79 Å². The highest BCUT2D eigenvalue weighted by atomic mass is 32.1. The minimum atomic E-state index is -0.201. The van der Waals surface area contributed by atoms with Crippen molar-refractivity contribution >= 4 is 37.7 Å². The van der Waals surface area contributed by atoms with Crippen LogP contribution in [-0.4, -0.2) is 50.9 Å². The number of hydrogen-bond donors (Lipinski definition) is 2. The lowest BCUT2D eigenvalue weighted by atomic mass is 10.1. The Bertz CT molecular complexity index is 1220. The predicted molar refractivity (Wildman–Crippen MR) is 112 cm³/mol. The summed E-state index contributed by atoms with van der Waals surface area (Å²) in [7, 11) is 3.95. The highest BCUT2D eigenvalue weighted by Crippen LogP contribution is 2.29. The zero-order valence-electron chi connectivity index (χ0n) is 15.8. The third-order valence-electron chi connectivity index (χ3n) is 5.31. The van der Waals surface area contributed by atoms with Gasteiger partial charge in [0.2, 0.25) is 0 Å². The van der Waals surface area contributed by atoms with E-state index in [1.165, 1.54) is 11.3 Å². The van der Waals surface area contributed by atoms with Gasteiger partial charge in [-0.15, -0.1) is 0 Å². The Morgan fingerprint density at radius 1 is 1.25 bits per heavy atom. The molecule has 28 heavy (non-hydrogen) atoms. The van der Waals surface area contributed by atoms with Crippen molar-refractivity contribution in [3.63, 3.8) is 0 Å². The molecule has 5 rings (SSSR count). The monoisotopic (exact) mass is 395 g/mol. The molecule has 2 N–H and O–H groups in total. The maximum atomic E-state index is 12.7. The number of aromatic nitrogens is 5. The van der Waals surface area contributed by atoms with Crippen molar-refractivity contribution in [2.24, 2.45) is 7.05 Å². The summed E-state index contributed by atoms with van der Waals surface area (Å²) in [5, 5.41) is 9.63. The van der Waals surface area contributed by atoms with Gasteiger partial charge in [0.15, 0.2) is 15.5 Å². The van der Waals surface area contributed by atoms with Gasteiger partial charge in [-0.1, -0.05) is 11.3 Å². The second kappa shape index (κ2) is 6.68. The van der Waals surface area contributed by atoms with Crippen molar-refractivity contribution in [2.75, 3.05) is 25.0 Å². The summed E-state index contributed by atoms with van der Waals surface area (Å²) >= 11 is 1.48. The first-order valence-corrected chi connectivity index (χ1v) is 10.2. The first kappa shape index (κ1) is 17.3. The second-order valence-electron chi connectivity index (χ2n) is 7.23. The van der Waals surface area contributed by atoms with E-state index >= 15 is 0 Å². The fourth-order valence-corrected chi connectivity index (χ4v) is 4.73. The standard InChI is InChI=1S/C19H21N7OS/c1-25-10-12-9-11(3-4-14(12)24-25)16-22-17(27)15-18(23-16)28-19(21-15)26(2)13-5-7-20-8-6-13/h3-4,9-10,13,20H,5-8H2,1-2H3,(H,22,23,27). The molecule has 0 unspecified atom stereocenters. The molecule has 0 radical (unpaired) electrons. The van der Waals surface area contributed by atoms with E-state index < -0.39 is 0 Å². The van der Waals surface area contributed by atoms with Gasteiger partial charge in [0.25, 0.3) is 5.56 Å². The van der Waals surface area contributed by atoms with Gasteiger partial charge in [-0.05, 0) is 44.1 Å². The first-order chi connectivity index (χ1) is 13.6. The number of nitrogens with zero attached hydrogens (tertiary/aromatic N) is 5. The number of nitrogens with one attached hydrogen (secondary N) is 2. The number of hydrogen-bond acceptors (Lipinski definition) is 7. The van der Waals surface area contributed by atoms with Gasteiger partial charge >= 0.3 is 0 Å². The van der Waals surface area contributed by atoms with Gasteiger partial charge in [0.05, 0.1) is 5.52 Å². The van der Waals surface area contributed by atoms with E-state index in [4.69, 9.17) is 4.98 Å². The number of piperidine rings is 1. The Labute approximate surface area is 165 Å². The van der Waals surface area contributed by atoms with Gasteiger partial charge in [0, 0.05) is 37.3 Å². The lowest BCUT2D eigenvalue weighted by Crippen LogP contribution is -2.41. The molecule has 8 nitrogen and oxygen atoms in total. The summed E-state index contributed by atoms with van der Waals surface area (Å²) in [6.45, 7) is 2.03. The third kappa shape index (κ3) is 2.96. The number of aromatic amines is 1. The van der Waals surface area contributed by atoms with Crippen LogP contribution in [0.15, 0.2) is 29.2 Å². The lowest BCUT2D eigenvalue weighted by molar-refractivity contribution is 0.443. The zero-order chi connectivity index (χ0) is 19.3. The van der Waals surface area contributed by atoms with E-state index in [0.717, 1.165) is 47.5 Å². The van der Waals surface area contributed by atoms with Crippen molar-refractivity contribution in [3.8, 4) is 11.4 Å². The highest BCUT2D eigenvalue weighted by molar-refractivity contribution is 7.21. The Kier molecular flexibility index (Phi) is 4.13. The highest BCUT2D eigenvalue weighted by Gasteiger charge is 2.22. The summed E-state index contributed by atoms with van der Waals surface area (Å²) in [6.07, 6.45) is 4.10. The summed E-state index contributed by atoms with van der Waals surface area (Å²) < 4.78 is 1.78. The number of aryl methyl sites for hydroxylation is 1. The maximum Gasteiger partial charge on any atom is 0.278 e. The molecule has 3 aromatic heterocycles. The molecule has 144 valence electrons. The van der Waals surface area contributed by atoms with Crippen molar-refractivity contribution in [3.05, 3.63) is 34.7 Å². The summed E-state index contributed by atoms with van der Waals surface area (Å²) in [4.78, 5) is 27.7. The molecule has 0 atom stereocenters. The quantitative estimate of drug-likeness (QED) is 0.552. The second-order valence-corrected chi connectivity index (χ2v) is 8.19. The zero-order valence-corrected chi connectivity index (χ0v) is 16.6. The van der Waals surface area contributed by atoms with Crippen molar-refractivity contribution in [1.82, 2.24) is 30.0 Å². The molecule has 4 aromatic rings. The smallest absolute Gasteiger partial charge is 0.278 e. The largest absolute Gasteiger partial charge is 0.348 e. The molecule has 1 saturated heterocycles. The summed E-state index contributed by atoms with van der Waals surface area (Å²) in [5.41, 5.74) is 1.99. The van der Waals surface area contributed by atoms with E-state index in [2.05, 4.69) is 32.3 Å². The van der Waals surface area contributed by atoms with Crippen LogP contribution in [0.25, 0.3) is 32.6 Å². The molecule has 0 aliphatic carbocycles. The number of rotatable bonds is 3. The summed E-state index contributed by atoms with van der Waals surface area (Å²) in [5.74, 6) is 0.558. The van der Waals surface area contributed by atoms with Crippen LogP contribution in [0.1, 0.15) is 12.8 Å². The normalized spacial score (nSPS) is 15.5. The summed E-state index contributed by atoms with van der Waals surface area (Å²) in [6, 6.07) is 6.31. The van der Waals surface area contributed by atoms with Crippen LogP contribution in [0.2, 0.25) is 0 Å². The van der Waals surface area contributed by atoms with E-state index in [1.807, 2.05) is 31.4 Å². The first-order valence-electron chi connectivity index (χ1n) is 9.37. The molecule has 1 aliphatic heterocycles. The maximum absolute atomic E-state index is 12.7. The topological polar surface area (TPSA) is 91.7 Å². The van der Waals surface area contributed by atoms with Crippen molar-refractivity contribution in [1.29, 1.82) is 0 Å². The van der Waals surface area contributed by atoms with Gasteiger partial charge in [0.1, 0.15) is 5.82 Å². The number of H-pyrrole nitrogens is 1. The minimum Gasteiger partial charge on any atom is -0.348 e. The molecule has 1 aromatic carbocycles. The molecule has 1 fully saturated rings. The average molecular weight is 395 g/mol. The molecule has 0 spiro atoms. The van der Waals surface area contributed by atoms with Crippen LogP contribution in [0, 0.1) is 0 Å². The van der Waals surface area contributed by atoms with Crippen LogP contribution in [0.3, 0.4) is 0 Å². The molecule has 4 heterocycles. The Morgan fingerprint density at radius 3 is 2.89 bits per heavy atom. The lowest BCUT2D eigenvalue weighted by Gasteiger charge is -2.31. The van der Waals surface area contributed by atoms with Crippen LogP contribution in [0.5, 0.6) is 0 Å². The molecular weight excluding hydrogens is 374 g/mol. The van der Waals surface area contributed by atoms with Gasteiger partial charge in [-0.25, -0.2) is 9.97 Å². The number of benzene rings is 1. The van der Waals surface area contributed by atoms with Crippen molar-refractivity contribution < 1.29 is 0 Å². The number of thiazole rings is 1. The van der Waals surface area contributed by atoms with Gasteiger partial charge in [-0.2, -0.15) is 5.10 Å². The Morgan fingerprint density at radius 2 is 2.07 bits per heavy atom. The van der Waals surface area contributed by atoms with Gasteiger partial charge in [-0.3, -0.25) is 9.48 Å². The fourth-order valence-electron chi connectivity index (χ4n) is 3.76. The Balaban J connectivity index is 1.54. The fraction of sp³-hybridized carbons (Fsp3) is 0.368. The average Bonchev–Trinajstić information content (AvgIpc) is 3.30. The molecular formula is C19H21N7OS. The molecule has 0 amide bonds. The SMILES string of the molecule is CN(c1nc2c(=O)[nH]c(-c3ccc4nn(C)cc4c3)nc2s1)C1CCNCC1. The molecule has 0 saturated carbocycles. The van der Waals surface area contributed by atoms with E-state index in [1.54, 1.807) is 4.68 Å². The van der Waals surface area contributed by atoms with E-state index in [-0.39, 0.29) is 5.56 Å². The van der Waals surface area contributed by atoms with Crippen molar-refractivity contribution in [2.45, 2.75) is 18.9 Å². The van der Waals surface area contributed by atoms with Crippen LogP contribution >= 0.6 is 11.3 Å². The molecule has 0 bridgehead atoms. The van der Waals surface area contributed by atoms with Crippen LogP contribution in [-0.2, 0) is 7.05 Å². The Hall–Kier alpha value is -2.78. The third-order valence-corrected chi connectivity index (χ3v) is 6.35. The number of anilines is 1. The minimum absolute atomic E-state index is 0.201. The number of fused-ring (bicyclic) bond motifs is 2.